The summed E-state index contributed by atoms with van der Waals surface area (Å²) in [4.78, 5) is 8.97. The van der Waals surface area contributed by atoms with Crippen LogP contribution in [-0.4, -0.2) is 19.1 Å². The van der Waals surface area contributed by atoms with Crippen molar-refractivity contribution < 1.29 is 4.40 Å². The fraction of sp³-hybridized carbons (Fsp3) is 0.0500. The molecule has 5 heterocycles. The normalized spacial score (nSPS) is 12.6. The van der Waals surface area contributed by atoms with E-state index in [4.69, 9.17) is 0 Å². The van der Waals surface area contributed by atoms with Gasteiger partial charge in [0.1, 0.15) is 17.6 Å². The van der Waals surface area contributed by atoms with E-state index >= 15 is 0 Å². The van der Waals surface area contributed by atoms with Crippen molar-refractivity contribution in [2.45, 2.75) is 6.54 Å². The maximum Gasteiger partial charge on any atom is 0.377 e. The molecule has 1 aliphatic rings. The van der Waals surface area contributed by atoms with Crippen molar-refractivity contribution in [3.63, 3.8) is 0 Å². The number of imidazole rings is 2. The first-order valence-electron chi connectivity index (χ1n) is 8.31. The number of hydrogen-bond acceptors (Lipinski definition) is 2. The van der Waals surface area contributed by atoms with Gasteiger partial charge in [-0.05, 0) is 30.3 Å². The minimum Gasteiger partial charge on any atom is -0.264 e. The average Bonchev–Trinajstić information content (AvgIpc) is 3.30. The Morgan fingerprint density at radius 3 is 2.80 bits per heavy atom. The Labute approximate surface area is 143 Å². The zero-order valence-corrected chi connectivity index (χ0v) is 13.4. The fourth-order valence-electron chi connectivity index (χ4n) is 3.88. The highest BCUT2D eigenvalue weighted by molar-refractivity contribution is 5.77. The predicted molar refractivity (Wildman–Crippen MR) is 94.6 cm³/mol. The molecule has 5 heteroatoms. The number of fused-ring (bicyclic) bond motifs is 7. The summed E-state index contributed by atoms with van der Waals surface area (Å²) >= 11 is 0. The van der Waals surface area contributed by atoms with Gasteiger partial charge in [-0.3, -0.25) is 4.98 Å². The molecule has 0 N–H and O–H groups in total. The standard InChI is InChI=1S/C20H14N5/c1-2-5-15(6-3-1)25-19-17(7-4-9-22-19)24-13-18-16-11-21-10-8-14(16)12-23(18)20(24)25/h1-11,13H,12H2/q+1. The van der Waals surface area contributed by atoms with Gasteiger partial charge >= 0.3 is 5.78 Å². The summed E-state index contributed by atoms with van der Waals surface area (Å²) in [5, 5.41) is 0. The van der Waals surface area contributed by atoms with Crippen LogP contribution in [0.4, 0.5) is 0 Å². The lowest BCUT2D eigenvalue weighted by Crippen LogP contribution is -2.18. The minimum absolute atomic E-state index is 0.854. The molecule has 0 saturated carbocycles. The Bertz CT molecular complexity index is 1260. The number of nitrogens with zero attached hydrogens (tertiary/aromatic N) is 5. The third-order valence-electron chi connectivity index (χ3n) is 4.97. The number of benzene rings is 1. The Hall–Kier alpha value is -3.47. The molecule has 0 fully saturated rings. The molecule has 4 aromatic heterocycles. The van der Waals surface area contributed by atoms with Crippen molar-refractivity contribution in [3.05, 3.63) is 78.9 Å². The molecule has 0 atom stereocenters. The van der Waals surface area contributed by atoms with Crippen LogP contribution in [0.3, 0.4) is 0 Å². The molecule has 5 aromatic rings. The third kappa shape index (κ3) is 1.59. The van der Waals surface area contributed by atoms with Gasteiger partial charge in [0.25, 0.3) is 0 Å². The van der Waals surface area contributed by atoms with Gasteiger partial charge in [-0.1, -0.05) is 18.2 Å². The van der Waals surface area contributed by atoms with Gasteiger partial charge in [-0.2, -0.15) is 8.97 Å². The summed E-state index contributed by atoms with van der Waals surface area (Å²) in [7, 11) is 0. The molecule has 0 spiro atoms. The van der Waals surface area contributed by atoms with E-state index in [1.165, 1.54) is 16.8 Å². The largest absolute Gasteiger partial charge is 0.377 e. The third-order valence-corrected chi connectivity index (χ3v) is 4.97. The predicted octanol–water partition coefficient (Wildman–Crippen LogP) is 2.99. The molecule has 1 aliphatic heterocycles. The van der Waals surface area contributed by atoms with Crippen LogP contribution >= 0.6 is 0 Å². The Morgan fingerprint density at radius 2 is 1.88 bits per heavy atom. The number of para-hydroxylation sites is 1. The monoisotopic (exact) mass is 324 g/mol. The van der Waals surface area contributed by atoms with Crippen molar-refractivity contribution in [1.82, 2.24) is 19.1 Å². The first-order valence-corrected chi connectivity index (χ1v) is 8.31. The molecule has 0 amide bonds. The number of hydrogen-bond donors (Lipinski definition) is 0. The van der Waals surface area contributed by atoms with Gasteiger partial charge in [0.15, 0.2) is 5.52 Å². The maximum absolute atomic E-state index is 4.66. The lowest BCUT2D eigenvalue weighted by molar-refractivity contribution is -0.480. The summed E-state index contributed by atoms with van der Waals surface area (Å²) in [6.07, 6.45) is 7.88. The molecule has 6 rings (SSSR count). The zero-order valence-electron chi connectivity index (χ0n) is 13.4. The van der Waals surface area contributed by atoms with Crippen LogP contribution in [0.5, 0.6) is 0 Å². The van der Waals surface area contributed by atoms with E-state index in [1.54, 1.807) is 0 Å². The molecule has 0 unspecified atom stereocenters. The van der Waals surface area contributed by atoms with Gasteiger partial charge in [0.05, 0.1) is 6.54 Å². The van der Waals surface area contributed by atoms with E-state index in [1.807, 2.05) is 30.7 Å². The van der Waals surface area contributed by atoms with Crippen molar-refractivity contribution in [3.8, 4) is 16.9 Å². The summed E-state index contributed by atoms with van der Waals surface area (Å²) in [5.41, 5.74) is 6.91. The summed E-state index contributed by atoms with van der Waals surface area (Å²) in [6, 6.07) is 16.6. The van der Waals surface area contributed by atoms with Crippen LogP contribution in [0, 0.1) is 0 Å². The summed E-state index contributed by atoms with van der Waals surface area (Å²) in [5.74, 6) is 1.12. The second kappa shape index (κ2) is 4.54. The smallest absolute Gasteiger partial charge is 0.264 e. The first kappa shape index (κ1) is 12.9. The molecule has 0 radical (unpaired) electrons. The fourth-order valence-corrected chi connectivity index (χ4v) is 3.88. The van der Waals surface area contributed by atoms with E-state index in [0.717, 1.165) is 29.2 Å². The molecule has 5 nitrogen and oxygen atoms in total. The van der Waals surface area contributed by atoms with Crippen molar-refractivity contribution in [2.24, 2.45) is 0 Å². The van der Waals surface area contributed by atoms with Gasteiger partial charge in [0.2, 0.25) is 5.65 Å². The van der Waals surface area contributed by atoms with Gasteiger partial charge in [-0.25, -0.2) is 9.55 Å². The van der Waals surface area contributed by atoms with Crippen LogP contribution in [0.25, 0.3) is 33.9 Å². The van der Waals surface area contributed by atoms with Crippen molar-refractivity contribution in [2.75, 3.05) is 0 Å². The number of pyridine rings is 2. The molecule has 0 saturated heterocycles. The number of aromatic nitrogens is 5. The quantitative estimate of drug-likeness (QED) is 0.436. The molecule has 118 valence electrons. The molecule has 25 heavy (non-hydrogen) atoms. The zero-order chi connectivity index (χ0) is 16.4. The minimum atomic E-state index is 0.854. The van der Waals surface area contributed by atoms with Crippen LogP contribution in [0.1, 0.15) is 5.56 Å². The van der Waals surface area contributed by atoms with Gasteiger partial charge in [0, 0.05) is 29.7 Å². The van der Waals surface area contributed by atoms with E-state index < -0.39 is 0 Å². The van der Waals surface area contributed by atoms with Crippen LogP contribution < -0.4 is 4.40 Å². The highest BCUT2D eigenvalue weighted by atomic mass is 15.3. The van der Waals surface area contributed by atoms with Crippen molar-refractivity contribution in [1.29, 1.82) is 0 Å². The maximum atomic E-state index is 4.66. The molecule has 1 aromatic carbocycles. The first-order chi connectivity index (χ1) is 12.4. The molecular formula is C20H14N5+. The summed E-state index contributed by atoms with van der Waals surface area (Å²) < 4.78 is 6.82. The van der Waals surface area contributed by atoms with Gasteiger partial charge < -0.3 is 0 Å². The Kier molecular flexibility index (Phi) is 2.34. The molecule has 0 bridgehead atoms. The van der Waals surface area contributed by atoms with Crippen molar-refractivity contribution >= 4 is 16.9 Å². The average molecular weight is 324 g/mol. The molecule has 0 aliphatic carbocycles. The summed E-state index contributed by atoms with van der Waals surface area (Å²) in [6.45, 7) is 0.854. The Balaban J connectivity index is 1.79. The Morgan fingerprint density at radius 1 is 0.960 bits per heavy atom. The SMILES string of the molecule is c1ccc(-n2c3ncccc3[n+]3cc4n(c23)Cc2ccncc2-4)cc1. The highest BCUT2D eigenvalue weighted by Gasteiger charge is 2.32. The second-order valence-corrected chi connectivity index (χ2v) is 6.32. The lowest BCUT2D eigenvalue weighted by Gasteiger charge is -2.00. The molecular weight excluding hydrogens is 310 g/mol. The van der Waals surface area contributed by atoms with E-state index in [9.17, 15) is 0 Å². The highest BCUT2D eigenvalue weighted by Crippen LogP contribution is 2.33. The lowest BCUT2D eigenvalue weighted by atomic mass is 10.1. The van der Waals surface area contributed by atoms with Crippen LogP contribution in [0.15, 0.2) is 73.3 Å². The van der Waals surface area contributed by atoms with E-state index in [2.05, 4.69) is 66.1 Å². The van der Waals surface area contributed by atoms with Crippen LogP contribution in [-0.2, 0) is 6.54 Å². The van der Waals surface area contributed by atoms with E-state index in [-0.39, 0.29) is 0 Å². The van der Waals surface area contributed by atoms with Crippen LogP contribution in [0.2, 0.25) is 0 Å². The second-order valence-electron chi connectivity index (χ2n) is 6.32. The van der Waals surface area contributed by atoms with Gasteiger partial charge in [-0.15, -0.1) is 0 Å². The number of rotatable bonds is 1. The topological polar surface area (TPSA) is 39.7 Å². The van der Waals surface area contributed by atoms with E-state index in [0.29, 0.717) is 0 Å².